The molecule has 1 fully saturated rings. The normalized spacial score (nSPS) is 20.1. The molecule has 18 heavy (non-hydrogen) atoms. The lowest BCUT2D eigenvalue weighted by molar-refractivity contribution is -0.00191. The van der Waals surface area contributed by atoms with Crippen molar-refractivity contribution in [1.29, 1.82) is 0 Å². The Morgan fingerprint density at radius 1 is 1.67 bits per heavy atom. The molecule has 1 aliphatic heterocycles. The number of thiazole rings is 1. The number of nitrogens with zero attached hydrogens (tertiary/aromatic N) is 1. The maximum atomic E-state index is 12.0. The van der Waals surface area contributed by atoms with Gasteiger partial charge in [0.15, 0.2) is 0 Å². The Morgan fingerprint density at radius 2 is 2.44 bits per heavy atom. The van der Waals surface area contributed by atoms with Gasteiger partial charge in [0.25, 0.3) is 0 Å². The lowest BCUT2D eigenvalue weighted by Gasteiger charge is -2.22. The van der Waals surface area contributed by atoms with E-state index < -0.39 is 5.60 Å². The predicted octanol–water partition coefficient (Wildman–Crippen LogP) is 3.34. The van der Waals surface area contributed by atoms with Gasteiger partial charge in [0.2, 0.25) is 0 Å². The number of carbonyl (C=O) groups is 1. The maximum absolute atomic E-state index is 12.0. The largest absolute Gasteiger partial charge is 0.455 e. The van der Waals surface area contributed by atoms with Crippen molar-refractivity contribution in [2.75, 3.05) is 6.61 Å². The molecular weight excluding hydrogens is 250 g/mol. The molecular formula is C13H19NO3S. The molecule has 1 aliphatic rings. The van der Waals surface area contributed by atoms with Gasteiger partial charge in [-0.05, 0) is 33.1 Å². The highest BCUT2D eigenvalue weighted by atomic mass is 32.1. The zero-order chi connectivity index (χ0) is 13.2. The van der Waals surface area contributed by atoms with Gasteiger partial charge >= 0.3 is 5.97 Å². The van der Waals surface area contributed by atoms with E-state index in [1.54, 1.807) is 6.20 Å². The van der Waals surface area contributed by atoms with Gasteiger partial charge in [-0.2, -0.15) is 0 Å². The van der Waals surface area contributed by atoms with Crippen LogP contribution in [-0.4, -0.2) is 23.2 Å². The fraction of sp³-hybridized carbons (Fsp3) is 0.692. The van der Waals surface area contributed by atoms with Crippen molar-refractivity contribution >= 4 is 17.3 Å². The molecule has 1 saturated heterocycles. The van der Waals surface area contributed by atoms with E-state index in [9.17, 15) is 4.79 Å². The van der Waals surface area contributed by atoms with Crippen LogP contribution in [0.1, 0.15) is 60.8 Å². The van der Waals surface area contributed by atoms with Gasteiger partial charge in [-0.25, -0.2) is 9.78 Å². The Morgan fingerprint density at radius 3 is 3.06 bits per heavy atom. The van der Waals surface area contributed by atoms with Crippen molar-refractivity contribution in [3.05, 3.63) is 16.1 Å². The zero-order valence-electron chi connectivity index (χ0n) is 11.1. The van der Waals surface area contributed by atoms with E-state index in [-0.39, 0.29) is 12.1 Å². The lowest BCUT2D eigenvalue weighted by Crippen LogP contribution is -2.26. The molecule has 2 rings (SSSR count). The fourth-order valence-electron chi connectivity index (χ4n) is 1.68. The van der Waals surface area contributed by atoms with E-state index in [4.69, 9.17) is 9.47 Å². The van der Waals surface area contributed by atoms with Crippen molar-refractivity contribution in [3.63, 3.8) is 0 Å². The summed E-state index contributed by atoms with van der Waals surface area (Å²) in [6.45, 7) is 6.60. The molecule has 2 heterocycles. The van der Waals surface area contributed by atoms with E-state index >= 15 is 0 Å². The van der Waals surface area contributed by atoms with Gasteiger partial charge < -0.3 is 9.47 Å². The quantitative estimate of drug-likeness (QED) is 0.787. The van der Waals surface area contributed by atoms with Gasteiger partial charge in [-0.15, -0.1) is 11.3 Å². The van der Waals surface area contributed by atoms with E-state index in [0.717, 1.165) is 30.9 Å². The molecule has 4 nitrogen and oxygen atoms in total. The number of aromatic nitrogens is 1. The van der Waals surface area contributed by atoms with Crippen molar-refractivity contribution in [2.24, 2.45) is 0 Å². The smallest absolute Gasteiger partial charge is 0.350 e. The molecule has 5 heteroatoms. The number of carbonyl (C=O) groups excluding carboxylic acids is 1. The van der Waals surface area contributed by atoms with Crippen LogP contribution in [0.4, 0.5) is 0 Å². The van der Waals surface area contributed by atoms with Crippen LogP contribution < -0.4 is 0 Å². The number of hydrogen-bond acceptors (Lipinski definition) is 5. The Hall–Kier alpha value is -0.940. The highest BCUT2D eigenvalue weighted by Gasteiger charge is 2.26. The molecule has 0 amide bonds. The van der Waals surface area contributed by atoms with E-state index in [1.165, 1.54) is 11.3 Å². The summed E-state index contributed by atoms with van der Waals surface area (Å²) < 4.78 is 11.0. The molecule has 0 radical (unpaired) electrons. The molecule has 0 bridgehead atoms. The summed E-state index contributed by atoms with van der Waals surface area (Å²) in [5, 5.41) is 0.883. The molecule has 0 aliphatic carbocycles. The molecule has 0 spiro atoms. The third kappa shape index (κ3) is 3.09. The summed E-state index contributed by atoms with van der Waals surface area (Å²) in [4.78, 5) is 16.8. The first kappa shape index (κ1) is 13.5. The predicted molar refractivity (Wildman–Crippen MR) is 69.8 cm³/mol. The van der Waals surface area contributed by atoms with Crippen LogP contribution in [0.15, 0.2) is 6.20 Å². The van der Waals surface area contributed by atoms with Crippen LogP contribution in [0.25, 0.3) is 0 Å². The molecule has 1 atom stereocenters. The maximum Gasteiger partial charge on any atom is 0.350 e. The monoisotopic (exact) mass is 269 g/mol. The summed E-state index contributed by atoms with van der Waals surface area (Å²) >= 11 is 1.38. The average Bonchev–Trinajstić information content (AvgIpc) is 2.99. The Kier molecular flexibility index (Phi) is 4.02. The minimum absolute atomic E-state index is 0.0655. The molecule has 0 N–H and O–H groups in total. The fourth-order valence-corrected chi connectivity index (χ4v) is 2.56. The van der Waals surface area contributed by atoms with Crippen LogP contribution in [0.2, 0.25) is 0 Å². The SMILES string of the molecule is CCC(C)(C)OC(=O)c1cnc([C@H]2CCCO2)s1. The first-order valence-electron chi connectivity index (χ1n) is 6.32. The molecule has 0 unspecified atom stereocenters. The minimum Gasteiger partial charge on any atom is -0.455 e. The highest BCUT2D eigenvalue weighted by Crippen LogP contribution is 2.32. The van der Waals surface area contributed by atoms with Gasteiger partial charge in [0, 0.05) is 6.61 Å². The van der Waals surface area contributed by atoms with Gasteiger partial charge in [0.05, 0.1) is 6.20 Å². The second-order valence-electron chi connectivity index (χ2n) is 5.07. The molecule has 1 aromatic rings. The highest BCUT2D eigenvalue weighted by molar-refractivity contribution is 7.13. The van der Waals surface area contributed by atoms with Crippen molar-refractivity contribution in [3.8, 4) is 0 Å². The molecule has 0 aromatic carbocycles. The Balaban J connectivity index is 2.03. The number of hydrogen-bond donors (Lipinski definition) is 0. The van der Waals surface area contributed by atoms with Crippen LogP contribution in [-0.2, 0) is 9.47 Å². The van der Waals surface area contributed by atoms with Crippen LogP contribution in [0, 0.1) is 0 Å². The van der Waals surface area contributed by atoms with E-state index in [2.05, 4.69) is 4.98 Å². The molecule has 0 saturated carbocycles. The van der Waals surface area contributed by atoms with E-state index in [1.807, 2.05) is 20.8 Å². The average molecular weight is 269 g/mol. The topological polar surface area (TPSA) is 48.4 Å². The summed E-state index contributed by atoms with van der Waals surface area (Å²) in [5.41, 5.74) is -0.426. The number of rotatable bonds is 4. The summed E-state index contributed by atoms with van der Waals surface area (Å²) in [6, 6.07) is 0. The third-order valence-electron chi connectivity index (χ3n) is 3.15. The number of esters is 1. The van der Waals surface area contributed by atoms with Crippen molar-refractivity contribution in [2.45, 2.75) is 51.7 Å². The standard InChI is InChI=1S/C13H19NO3S/c1-4-13(2,3)17-12(15)10-8-14-11(18-10)9-6-5-7-16-9/h8-9H,4-7H2,1-3H3/t9-/m1/s1. The van der Waals surface area contributed by atoms with Crippen LogP contribution in [0.3, 0.4) is 0 Å². The van der Waals surface area contributed by atoms with Gasteiger partial charge in [0.1, 0.15) is 21.6 Å². The second-order valence-corrected chi connectivity index (χ2v) is 6.13. The minimum atomic E-state index is -0.426. The molecule has 100 valence electrons. The van der Waals surface area contributed by atoms with Crippen molar-refractivity contribution < 1.29 is 14.3 Å². The third-order valence-corrected chi connectivity index (χ3v) is 4.22. The zero-order valence-corrected chi connectivity index (χ0v) is 11.9. The number of ether oxygens (including phenoxy) is 2. The lowest BCUT2D eigenvalue weighted by atomic mass is 10.1. The van der Waals surface area contributed by atoms with Crippen LogP contribution in [0.5, 0.6) is 0 Å². The second kappa shape index (κ2) is 5.36. The molecule has 1 aromatic heterocycles. The van der Waals surface area contributed by atoms with Gasteiger partial charge in [-0.1, -0.05) is 6.92 Å². The Labute approximate surface area is 111 Å². The summed E-state index contributed by atoms with van der Waals surface area (Å²) in [7, 11) is 0. The van der Waals surface area contributed by atoms with Crippen LogP contribution >= 0.6 is 11.3 Å². The summed E-state index contributed by atoms with van der Waals surface area (Å²) in [6.07, 6.45) is 4.50. The first-order valence-corrected chi connectivity index (χ1v) is 7.14. The van der Waals surface area contributed by atoms with E-state index in [0.29, 0.717) is 4.88 Å². The van der Waals surface area contributed by atoms with Crippen molar-refractivity contribution in [1.82, 2.24) is 4.98 Å². The van der Waals surface area contributed by atoms with Gasteiger partial charge in [-0.3, -0.25) is 0 Å². The summed E-state index contributed by atoms with van der Waals surface area (Å²) in [5.74, 6) is -0.288. The first-order chi connectivity index (χ1) is 8.52. The Bertz CT molecular complexity index is 422.